The van der Waals surface area contributed by atoms with Crippen LogP contribution in [0.1, 0.15) is 6.42 Å². The Morgan fingerprint density at radius 3 is 2.56 bits per heavy atom. The molecule has 0 saturated carbocycles. The molecule has 2 aromatic heterocycles. The number of anilines is 2. The fourth-order valence-corrected chi connectivity index (χ4v) is 2.58. The van der Waals surface area contributed by atoms with Crippen LogP contribution in [0.25, 0.3) is 10.9 Å². The van der Waals surface area contributed by atoms with Crippen LogP contribution in [0.4, 0.5) is 11.6 Å². The molecule has 6 nitrogen and oxygen atoms in total. The Balaban J connectivity index is 1.62. The smallest absolute Gasteiger partial charge is 0.235 e. The maximum atomic E-state index is 12.0. The third-order valence-corrected chi connectivity index (χ3v) is 3.75. The monoisotopic (exact) mass is 374 g/mol. The van der Waals surface area contributed by atoms with Gasteiger partial charge in [-0.3, -0.25) is 9.59 Å². The predicted octanol–water partition coefficient (Wildman–Crippen LogP) is 3.90. The molecule has 0 aliphatic carbocycles. The van der Waals surface area contributed by atoms with Crippen LogP contribution < -0.4 is 10.6 Å². The van der Waals surface area contributed by atoms with E-state index in [0.29, 0.717) is 10.8 Å². The van der Waals surface area contributed by atoms with Gasteiger partial charge in [0, 0.05) is 11.6 Å². The van der Waals surface area contributed by atoms with Gasteiger partial charge in [0.05, 0.1) is 15.6 Å². The number of halogens is 2. The van der Waals surface area contributed by atoms with Gasteiger partial charge in [0.25, 0.3) is 0 Å². The van der Waals surface area contributed by atoms with Crippen molar-refractivity contribution in [1.29, 1.82) is 0 Å². The van der Waals surface area contributed by atoms with E-state index in [9.17, 15) is 9.59 Å². The largest absolute Gasteiger partial charge is 0.310 e. The van der Waals surface area contributed by atoms with Gasteiger partial charge in [0.1, 0.15) is 12.2 Å². The molecule has 126 valence electrons. The molecule has 0 aliphatic rings. The van der Waals surface area contributed by atoms with E-state index >= 15 is 0 Å². The number of nitrogens with one attached hydrogen (secondary N) is 2. The van der Waals surface area contributed by atoms with Gasteiger partial charge >= 0.3 is 0 Å². The third-order valence-electron chi connectivity index (χ3n) is 3.25. The molecule has 8 heteroatoms. The van der Waals surface area contributed by atoms with Crippen LogP contribution in [0.2, 0.25) is 10.0 Å². The standard InChI is InChI=1S/C17H12Cl2N4O2/c18-11-7-12(19)17(20-9-11)23-16(25)8-15(24)22-14-6-5-10-3-1-2-4-13(10)21-14/h1-7,9H,8H2,(H,20,23,25)(H,21,22,24). The predicted molar refractivity (Wildman–Crippen MR) is 97.9 cm³/mol. The number of benzene rings is 1. The van der Waals surface area contributed by atoms with Gasteiger partial charge in [-0.05, 0) is 24.3 Å². The number of fused-ring (bicyclic) bond motifs is 1. The van der Waals surface area contributed by atoms with E-state index in [1.165, 1.54) is 12.3 Å². The van der Waals surface area contributed by atoms with Crippen molar-refractivity contribution in [3.8, 4) is 0 Å². The maximum Gasteiger partial charge on any atom is 0.235 e. The van der Waals surface area contributed by atoms with Crippen LogP contribution in [0.15, 0.2) is 48.7 Å². The van der Waals surface area contributed by atoms with E-state index in [1.807, 2.05) is 30.3 Å². The van der Waals surface area contributed by atoms with E-state index < -0.39 is 18.2 Å². The van der Waals surface area contributed by atoms with Crippen molar-refractivity contribution in [2.24, 2.45) is 0 Å². The van der Waals surface area contributed by atoms with Gasteiger partial charge < -0.3 is 10.6 Å². The molecule has 2 amide bonds. The van der Waals surface area contributed by atoms with Crippen molar-refractivity contribution >= 4 is 57.6 Å². The zero-order chi connectivity index (χ0) is 17.8. The molecule has 25 heavy (non-hydrogen) atoms. The van der Waals surface area contributed by atoms with Gasteiger partial charge in [-0.25, -0.2) is 9.97 Å². The highest BCUT2D eigenvalue weighted by molar-refractivity contribution is 6.36. The molecule has 0 radical (unpaired) electrons. The van der Waals surface area contributed by atoms with Crippen LogP contribution >= 0.6 is 23.2 Å². The van der Waals surface area contributed by atoms with Crippen molar-refractivity contribution in [3.63, 3.8) is 0 Å². The zero-order valence-electron chi connectivity index (χ0n) is 12.8. The summed E-state index contributed by atoms with van der Waals surface area (Å²) in [5.41, 5.74) is 0.752. The number of pyridine rings is 2. The molecule has 2 N–H and O–H groups in total. The Morgan fingerprint density at radius 2 is 1.76 bits per heavy atom. The van der Waals surface area contributed by atoms with Crippen LogP contribution in [0, 0.1) is 0 Å². The maximum absolute atomic E-state index is 12.0. The minimum atomic E-state index is -0.546. The third kappa shape index (κ3) is 4.43. The van der Waals surface area contributed by atoms with Gasteiger partial charge in [-0.15, -0.1) is 0 Å². The minimum absolute atomic E-state index is 0.146. The Hall–Kier alpha value is -2.70. The number of para-hydroxylation sites is 1. The summed E-state index contributed by atoms with van der Waals surface area (Å²) in [4.78, 5) is 32.2. The molecule has 0 bridgehead atoms. The Kier molecular flexibility index (Phi) is 5.11. The van der Waals surface area contributed by atoms with E-state index in [1.54, 1.807) is 6.07 Å². The number of nitrogens with zero attached hydrogens (tertiary/aromatic N) is 2. The molecule has 0 aliphatic heterocycles. The Bertz CT molecular complexity index is 962. The van der Waals surface area contributed by atoms with Crippen molar-refractivity contribution < 1.29 is 9.59 Å². The second kappa shape index (κ2) is 7.46. The van der Waals surface area contributed by atoms with Crippen LogP contribution in [-0.2, 0) is 9.59 Å². The lowest BCUT2D eigenvalue weighted by molar-refractivity contribution is -0.123. The molecule has 3 rings (SSSR count). The molecule has 0 spiro atoms. The molecule has 0 saturated heterocycles. The topological polar surface area (TPSA) is 84.0 Å². The first-order valence-corrected chi connectivity index (χ1v) is 8.03. The molecule has 0 atom stereocenters. The Labute approximate surface area is 153 Å². The number of carbonyl (C=O) groups excluding carboxylic acids is 2. The minimum Gasteiger partial charge on any atom is -0.310 e. The normalized spacial score (nSPS) is 10.5. The highest BCUT2D eigenvalue weighted by Gasteiger charge is 2.13. The first-order chi connectivity index (χ1) is 12.0. The molecule has 3 aromatic rings. The van der Waals surface area contributed by atoms with E-state index in [-0.39, 0.29) is 10.8 Å². The molecule has 0 unspecified atom stereocenters. The average Bonchev–Trinajstić information content (AvgIpc) is 2.57. The van der Waals surface area contributed by atoms with E-state index in [2.05, 4.69) is 20.6 Å². The van der Waals surface area contributed by atoms with Crippen LogP contribution in [0.5, 0.6) is 0 Å². The van der Waals surface area contributed by atoms with Crippen molar-refractivity contribution in [2.75, 3.05) is 10.6 Å². The number of hydrogen-bond acceptors (Lipinski definition) is 4. The highest BCUT2D eigenvalue weighted by Crippen LogP contribution is 2.22. The summed E-state index contributed by atoms with van der Waals surface area (Å²) < 4.78 is 0. The first-order valence-electron chi connectivity index (χ1n) is 7.28. The summed E-state index contributed by atoms with van der Waals surface area (Å²) in [5, 5.41) is 6.55. The lowest BCUT2D eigenvalue weighted by Gasteiger charge is -2.07. The van der Waals surface area contributed by atoms with Gasteiger partial charge in [-0.2, -0.15) is 0 Å². The summed E-state index contributed by atoms with van der Waals surface area (Å²) in [6, 6.07) is 12.5. The van der Waals surface area contributed by atoms with Gasteiger partial charge in [-0.1, -0.05) is 41.4 Å². The average molecular weight is 375 g/mol. The molecular weight excluding hydrogens is 363 g/mol. The number of aromatic nitrogens is 2. The van der Waals surface area contributed by atoms with E-state index in [0.717, 1.165) is 10.9 Å². The fourth-order valence-electron chi connectivity index (χ4n) is 2.15. The lowest BCUT2D eigenvalue weighted by atomic mass is 10.2. The second-order valence-electron chi connectivity index (χ2n) is 5.15. The second-order valence-corrected chi connectivity index (χ2v) is 5.99. The fraction of sp³-hybridized carbons (Fsp3) is 0.0588. The number of carbonyl (C=O) groups is 2. The first kappa shape index (κ1) is 17.1. The summed E-state index contributed by atoms with van der Waals surface area (Å²) in [6.45, 7) is 0. The SMILES string of the molecule is O=C(CC(=O)Nc1ncc(Cl)cc1Cl)Nc1ccc2ccccc2n1. The molecule has 0 fully saturated rings. The van der Waals surface area contributed by atoms with Crippen LogP contribution in [0.3, 0.4) is 0 Å². The van der Waals surface area contributed by atoms with Crippen molar-refractivity contribution in [1.82, 2.24) is 9.97 Å². The van der Waals surface area contributed by atoms with Gasteiger partial charge in [0.2, 0.25) is 11.8 Å². The zero-order valence-corrected chi connectivity index (χ0v) is 14.3. The number of amides is 2. The summed E-state index contributed by atoms with van der Waals surface area (Å²) in [5.74, 6) is -0.521. The summed E-state index contributed by atoms with van der Waals surface area (Å²) in [6.07, 6.45) is 0.956. The highest BCUT2D eigenvalue weighted by atomic mass is 35.5. The van der Waals surface area contributed by atoms with Crippen LogP contribution in [-0.4, -0.2) is 21.8 Å². The van der Waals surface area contributed by atoms with E-state index in [4.69, 9.17) is 23.2 Å². The quantitative estimate of drug-likeness (QED) is 0.678. The number of hydrogen-bond donors (Lipinski definition) is 2. The molecule has 2 heterocycles. The Morgan fingerprint density at radius 1 is 1.00 bits per heavy atom. The van der Waals surface area contributed by atoms with Crippen molar-refractivity contribution in [2.45, 2.75) is 6.42 Å². The van der Waals surface area contributed by atoms with Crippen molar-refractivity contribution in [3.05, 3.63) is 58.7 Å². The van der Waals surface area contributed by atoms with Gasteiger partial charge in [0.15, 0.2) is 5.82 Å². The molecular formula is C17H12Cl2N4O2. The lowest BCUT2D eigenvalue weighted by Crippen LogP contribution is -2.22. The molecule has 1 aromatic carbocycles. The summed E-state index contributed by atoms with van der Waals surface area (Å²) in [7, 11) is 0. The summed E-state index contributed by atoms with van der Waals surface area (Å²) >= 11 is 11.7. The number of rotatable bonds is 4.